The minimum absolute atomic E-state index is 0.127. The largest absolute Gasteiger partial charge is 0.488 e. The second-order valence-electron chi connectivity index (χ2n) is 5.64. The lowest BCUT2D eigenvalue weighted by atomic mass is 10.1. The van der Waals surface area contributed by atoms with Gasteiger partial charge in [0.15, 0.2) is 0 Å². The molecule has 0 aliphatic carbocycles. The van der Waals surface area contributed by atoms with Crippen molar-refractivity contribution >= 4 is 38.7 Å². The van der Waals surface area contributed by atoms with E-state index < -0.39 is 5.91 Å². The van der Waals surface area contributed by atoms with Crippen molar-refractivity contribution in [1.29, 1.82) is 5.26 Å². The molecule has 0 radical (unpaired) electrons. The van der Waals surface area contributed by atoms with Gasteiger partial charge in [-0.2, -0.15) is 5.26 Å². The molecule has 0 heterocycles. The number of amides is 1. The Balaban J connectivity index is 1.93. The highest BCUT2D eigenvalue weighted by atomic mass is 79.9. The molecule has 128 valence electrons. The molecular formula is C21H15BrN2O2. The van der Waals surface area contributed by atoms with Gasteiger partial charge >= 0.3 is 0 Å². The van der Waals surface area contributed by atoms with Crippen LogP contribution in [0.5, 0.6) is 5.75 Å². The molecule has 0 bridgehead atoms. The number of hydrogen-bond donors (Lipinski definition) is 1. The highest BCUT2D eigenvalue weighted by Gasteiger charge is 2.09. The van der Waals surface area contributed by atoms with Gasteiger partial charge in [-0.05, 0) is 40.6 Å². The van der Waals surface area contributed by atoms with E-state index in [9.17, 15) is 4.79 Å². The number of rotatable bonds is 5. The zero-order valence-electron chi connectivity index (χ0n) is 13.8. The van der Waals surface area contributed by atoms with Crippen molar-refractivity contribution < 1.29 is 9.53 Å². The molecule has 0 aromatic heterocycles. The molecule has 1 amide bonds. The van der Waals surface area contributed by atoms with E-state index in [1.807, 2.05) is 36.4 Å². The molecule has 0 saturated carbocycles. The second-order valence-corrected chi connectivity index (χ2v) is 6.56. The van der Waals surface area contributed by atoms with Crippen LogP contribution >= 0.6 is 15.9 Å². The van der Waals surface area contributed by atoms with Crippen LogP contribution in [0.4, 0.5) is 0 Å². The van der Waals surface area contributed by atoms with Crippen LogP contribution in [0, 0.1) is 11.3 Å². The molecule has 4 nitrogen and oxygen atoms in total. The number of fused-ring (bicyclic) bond motifs is 1. The van der Waals surface area contributed by atoms with Crippen LogP contribution in [0.3, 0.4) is 0 Å². The molecule has 0 fully saturated rings. The molecule has 0 aliphatic rings. The standard InChI is InChI=1S/C21H15BrN2O2/c22-18-8-9-20(16(11-18)10-17(12-23)21(24)25)26-13-15-6-3-5-14-4-1-2-7-19(14)15/h1-11H,13H2,(H2,24,25). The molecule has 26 heavy (non-hydrogen) atoms. The molecule has 5 heteroatoms. The van der Waals surface area contributed by atoms with Crippen molar-refractivity contribution in [2.75, 3.05) is 0 Å². The molecule has 3 aromatic carbocycles. The summed E-state index contributed by atoms with van der Waals surface area (Å²) in [6.07, 6.45) is 1.44. The van der Waals surface area contributed by atoms with Gasteiger partial charge in [0.2, 0.25) is 0 Å². The van der Waals surface area contributed by atoms with Crippen LogP contribution in [0.1, 0.15) is 11.1 Å². The average Bonchev–Trinajstić information content (AvgIpc) is 2.65. The topological polar surface area (TPSA) is 76.1 Å². The molecule has 0 saturated heterocycles. The van der Waals surface area contributed by atoms with Gasteiger partial charge in [0.25, 0.3) is 5.91 Å². The molecule has 0 atom stereocenters. The van der Waals surface area contributed by atoms with Crippen LogP contribution in [0.15, 0.2) is 70.7 Å². The summed E-state index contributed by atoms with van der Waals surface area (Å²) in [6.45, 7) is 0.363. The third kappa shape index (κ3) is 3.93. The lowest BCUT2D eigenvalue weighted by Gasteiger charge is -2.12. The molecule has 3 rings (SSSR count). The predicted octanol–water partition coefficient (Wildman–Crippen LogP) is 4.57. The average molecular weight is 407 g/mol. The maximum Gasteiger partial charge on any atom is 0.259 e. The van der Waals surface area contributed by atoms with E-state index in [0.29, 0.717) is 17.9 Å². The third-order valence-electron chi connectivity index (χ3n) is 3.92. The van der Waals surface area contributed by atoms with Crippen LogP contribution < -0.4 is 10.5 Å². The van der Waals surface area contributed by atoms with E-state index in [2.05, 4.69) is 34.1 Å². The summed E-state index contributed by atoms with van der Waals surface area (Å²) in [7, 11) is 0. The number of benzene rings is 3. The second kappa shape index (κ2) is 7.85. The lowest BCUT2D eigenvalue weighted by Crippen LogP contribution is -2.12. The van der Waals surface area contributed by atoms with Gasteiger partial charge < -0.3 is 10.5 Å². The summed E-state index contributed by atoms with van der Waals surface area (Å²) in [6, 6.07) is 21.4. The smallest absolute Gasteiger partial charge is 0.259 e. The number of carbonyl (C=O) groups excluding carboxylic acids is 1. The van der Waals surface area contributed by atoms with Crippen molar-refractivity contribution in [3.63, 3.8) is 0 Å². The highest BCUT2D eigenvalue weighted by molar-refractivity contribution is 9.10. The third-order valence-corrected chi connectivity index (χ3v) is 4.41. The summed E-state index contributed by atoms with van der Waals surface area (Å²) in [5.74, 6) is -0.206. The van der Waals surface area contributed by atoms with Crippen molar-refractivity contribution in [3.8, 4) is 11.8 Å². The zero-order valence-corrected chi connectivity index (χ0v) is 15.4. The molecule has 0 unspecified atom stereocenters. The van der Waals surface area contributed by atoms with Gasteiger partial charge in [-0.25, -0.2) is 0 Å². The van der Waals surface area contributed by atoms with Gasteiger partial charge in [-0.1, -0.05) is 58.4 Å². The number of ether oxygens (including phenoxy) is 1. The quantitative estimate of drug-likeness (QED) is 0.497. The number of nitriles is 1. The van der Waals surface area contributed by atoms with Crippen LogP contribution in [0.2, 0.25) is 0 Å². The zero-order chi connectivity index (χ0) is 18.5. The van der Waals surface area contributed by atoms with E-state index in [-0.39, 0.29) is 5.57 Å². The SMILES string of the molecule is N#CC(=Cc1cc(Br)ccc1OCc1cccc2ccccc12)C(N)=O. The Hall–Kier alpha value is -3.10. The predicted molar refractivity (Wildman–Crippen MR) is 105 cm³/mol. The van der Waals surface area contributed by atoms with Crippen LogP contribution in [0.25, 0.3) is 16.8 Å². The summed E-state index contributed by atoms with van der Waals surface area (Å²) < 4.78 is 6.79. The monoisotopic (exact) mass is 406 g/mol. The number of nitrogens with two attached hydrogens (primary N) is 1. The molecular weight excluding hydrogens is 392 g/mol. The van der Waals surface area contributed by atoms with Gasteiger partial charge in [-0.3, -0.25) is 4.79 Å². The maximum absolute atomic E-state index is 11.3. The Bertz CT molecular complexity index is 1050. The number of hydrogen-bond acceptors (Lipinski definition) is 3. The maximum atomic E-state index is 11.3. The fourth-order valence-electron chi connectivity index (χ4n) is 2.65. The minimum Gasteiger partial charge on any atom is -0.488 e. The normalized spacial score (nSPS) is 11.2. The lowest BCUT2D eigenvalue weighted by molar-refractivity contribution is -0.114. The van der Waals surface area contributed by atoms with Crippen LogP contribution in [-0.2, 0) is 11.4 Å². The Kier molecular flexibility index (Phi) is 5.35. The Morgan fingerprint density at radius 2 is 1.92 bits per heavy atom. The fraction of sp³-hybridized carbons (Fsp3) is 0.0476. The van der Waals surface area contributed by atoms with E-state index in [1.54, 1.807) is 12.1 Å². The van der Waals surface area contributed by atoms with Crippen molar-refractivity contribution in [2.24, 2.45) is 5.73 Å². The van der Waals surface area contributed by atoms with Gasteiger partial charge in [-0.15, -0.1) is 0 Å². The Morgan fingerprint density at radius 3 is 2.69 bits per heavy atom. The summed E-state index contributed by atoms with van der Waals surface area (Å²) in [5, 5.41) is 11.3. The van der Waals surface area contributed by atoms with Crippen molar-refractivity contribution in [1.82, 2.24) is 0 Å². The molecule has 0 aliphatic heterocycles. The number of carbonyl (C=O) groups is 1. The van der Waals surface area contributed by atoms with Gasteiger partial charge in [0.1, 0.15) is 24.0 Å². The molecule has 2 N–H and O–H groups in total. The fourth-order valence-corrected chi connectivity index (χ4v) is 3.03. The van der Waals surface area contributed by atoms with Crippen LogP contribution in [-0.4, -0.2) is 5.91 Å². The first kappa shape index (κ1) is 17.7. The van der Waals surface area contributed by atoms with Crippen molar-refractivity contribution in [3.05, 3.63) is 81.8 Å². The summed E-state index contributed by atoms with van der Waals surface area (Å²) in [4.78, 5) is 11.3. The Labute approximate surface area is 159 Å². The first-order valence-electron chi connectivity index (χ1n) is 7.89. The van der Waals surface area contributed by atoms with E-state index in [4.69, 9.17) is 15.7 Å². The number of primary amides is 1. The van der Waals surface area contributed by atoms with E-state index >= 15 is 0 Å². The highest BCUT2D eigenvalue weighted by Crippen LogP contribution is 2.27. The van der Waals surface area contributed by atoms with E-state index in [0.717, 1.165) is 20.8 Å². The number of halogens is 1. The van der Waals surface area contributed by atoms with Gasteiger partial charge in [0, 0.05) is 10.0 Å². The molecule has 0 spiro atoms. The minimum atomic E-state index is -0.771. The summed E-state index contributed by atoms with van der Waals surface area (Å²) in [5.41, 5.74) is 6.76. The first-order valence-corrected chi connectivity index (χ1v) is 8.68. The first-order chi connectivity index (χ1) is 12.6. The Morgan fingerprint density at radius 1 is 1.15 bits per heavy atom. The van der Waals surface area contributed by atoms with Gasteiger partial charge in [0.05, 0.1) is 0 Å². The molecule has 3 aromatic rings. The van der Waals surface area contributed by atoms with E-state index in [1.165, 1.54) is 6.08 Å². The van der Waals surface area contributed by atoms with Crippen molar-refractivity contribution in [2.45, 2.75) is 6.61 Å². The summed E-state index contributed by atoms with van der Waals surface area (Å²) >= 11 is 3.39. The number of nitrogens with zero attached hydrogens (tertiary/aromatic N) is 1.